The van der Waals surface area contributed by atoms with E-state index in [0.29, 0.717) is 11.3 Å². The van der Waals surface area contributed by atoms with Crippen LogP contribution in [-0.4, -0.2) is 26.6 Å². The van der Waals surface area contributed by atoms with Crippen LogP contribution in [0.25, 0.3) is 0 Å². The summed E-state index contributed by atoms with van der Waals surface area (Å²) in [6.45, 7) is 1.99. The number of benzene rings is 2. The molecule has 1 aliphatic heterocycles. The lowest BCUT2D eigenvalue weighted by atomic mass is 10.1. The van der Waals surface area contributed by atoms with Gasteiger partial charge in [-0.3, -0.25) is 9.52 Å². The maximum Gasteiger partial charge on any atom is 0.260 e. The minimum Gasteiger partial charge on any atom is -0.305 e. The highest BCUT2D eigenvalue weighted by molar-refractivity contribution is 7.92. The van der Waals surface area contributed by atoms with Gasteiger partial charge in [-0.1, -0.05) is 29.8 Å². The standard InChI is InChI=1S/C17H17ClN2O3S/c1-11-9-12-5-3-4-6-16(12)20(11)17(21)14-8-7-13(10-15(14)18)19-24(2,22)23/h3-8,10-11,19H,9H2,1-2H3/t11-/m1/s1. The van der Waals surface area contributed by atoms with Gasteiger partial charge in [-0.05, 0) is 43.2 Å². The molecule has 7 heteroatoms. The molecule has 5 nitrogen and oxygen atoms in total. The second-order valence-electron chi connectivity index (χ2n) is 5.93. The van der Waals surface area contributed by atoms with Crippen LogP contribution in [-0.2, 0) is 16.4 Å². The molecule has 0 radical (unpaired) electrons. The lowest BCUT2D eigenvalue weighted by molar-refractivity contribution is 0.0981. The zero-order valence-corrected chi connectivity index (χ0v) is 14.9. The summed E-state index contributed by atoms with van der Waals surface area (Å²) in [6, 6.07) is 12.4. The van der Waals surface area contributed by atoms with E-state index in [1.807, 2.05) is 31.2 Å². The van der Waals surface area contributed by atoms with Gasteiger partial charge in [-0.15, -0.1) is 0 Å². The van der Waals surface area contributed by atoms with Crippen LogP contribution in [0.3, 0.4) is 0 Å². The zero-order chi connectivity index (χ0) is 17.5. The number of hydrogen-bond donors (Lipinski definition) is 1. The van der Waals surface area contributed by atoms with Gasteiger partial charge >= 0.3 is 0 Å². The highest BCUT2D eigenvalue weighted by Gasteiger charge is 2.32. The van der Waals surface area contributed by atoms with Crippen LogP contribution in [0.2, 0.25) is 5.02 Å². The summed E-state index contributed by atoms with van der Waals surface area (Å²) in [6.07, 6.45) is 1.86. The molecule has 3 rings (SSSR count). The Bertz CT molecular complexity index is 912. The minimum absolute atomic E-state index is 0.0415. The topological polar surface area (TPSA) is 66.5 Å². The molecule has 1 aliphatic rings. The Hall–Kier alpha value is -2.05. The number of nitrogens with one attached hydrogen (secondary N) is 1. The first-order valence-electron chi connectivity index (χ1n) is 7.45. The first-order valence-corrected chi connectivity index (χ1v) is 9.72. The molecule has 1 heterocycles. The van der Waals surface area contributed by atoms with Crippen molar-refractivity contribution >= 4 is 38.9 Å². The molecule has 0 saturated heterocycles. The summed E-state index contributed by atoms with van der Waals surface area (Å²) < 4.78 is 24.9. The molecular formula is C17H17ClN2O3S. The van der Waals surface area contributed by atoms with Gasteiger partial charge in [0.15, 0.2) is 0 Å². The second-order valence-corrected chi connectivity index (χ2v) is 8.08. The summed E-state index contributed by atoms with van der Waals surface area (Å²) in [5.74, 6) is -0.191. The number of halogens is 1. The van der Waals surface area contributed by atoms with Crippen molar-refractivity contribution in [3.05, 3.63) is 58.6 Å². The summed E-state index contributed by atoms with van der Waals surface area (Å²) in [5.41, 5.74) is 2.70. The van der Waals surface area contributed by atoms with E-state index >= 15 is 0 Å². The molecule has 0 saturated carbocycles. The van der Waals surface area contributed by atoms with E-state index in [4.69, 9.17) is 11.6 Å². The number of carbonyl (C=O) groups is 1. The Morgan fingerprint density at radius 2 is 1.96 bits per heavy atom. The van der Waals surface area contributed by atoms with Crippen LogP contribution >= 0.6 is 11.6 Å². The van der Waals surface area contributed by atoms with E-state index in [2.05, 4.69) is 4.72 Å². The second kappa shape index (κ2) is 6.11. The van der Waals surface area contributed by atoms with Crippen molar-refractivity contribution in [2.75, 3.05) is 15.9 Å². The maximum atomic E-state index is 12.9. The molecule has 0 spiro atoms. The van der Waals surface area contributed by atoms with E-state index in [1.165, 1.54) is 12.1 Å². The van der Waals surface area contributed by atoms with Crippen molar-refractivity contribution in [3.8, 4) is 0 Å². The summed E-state index contributed by atoms with van der Waals surface area (Å²) >= 11 is 6.22. The van der Waals surface area contributed by atoms with E-state index in [0.717, 1.165) is 23.9 Å². The van der Waals surface area contributed by atoms with E-state index in [-0.39, 0.29) is 17.0 Å². The van der Waals surface area contributed by atoms with Crippen LogP contribution < -0.4 is 9.62 Å². The van der Waals surface area contributed by atoms with E-state index in [9.17, 15) is 13.2 Å². The number of carbonyl (C=O) groups excluding carboxylic acids is 1. The molecule has 0 bridgehead atoms. The van der Waals surface area contributed by atoms with Crippen molar-refractivity contribution in [1.29, 1.82) is 0 Å². The number of anilines is 2. The van der Waals surface area contributed by atoms with Crippen molar-refractivity contribution in [2.45, 2.75) is 19.4 Å². The van der Waals surface area contributed by atoms with Crippen LogP contribution in [0.5, 0.6) is 0 Å². The summed E-state index contributed by atoms with van der Waals surface area (Å²) in [5, 5.41) is 0.213. The molecule has 0 aromatic heterocycles. The average Bonchev–Trinajstić information content (AvgIpc) is 2.80. The number of sulfonamides is 1. The van der Waals surface area contributed by atoms with Gasteiger partial charge in [-0.2, -0.15) is 0 Å². The van der Waals surface area contributed by atoms with Gasteiger partial charge in [0.05, 0.1) is 16.8 Å². The summed E-state index contributed by atoms with van der Waals surface area (Å²) in [7, 11) is -3.40. The number of amides is 1. The lowest BCUT2D eigenvalue weighted by Gasteiger charge is -2.23. The fourth-order valence-corrected chi connectivity index (χ4v) is 3.79. The molecule has 0 aliphatic carbocycles. The molecule has 2 aromatic carbocycles. The van der Waals surface area contributed by atoms with Crippen molar-refractivity contribution in [2.24, 2.45) is 0 Å². The lowest BCUT2D eigenvalue weighted by Crippen LogP contribution is -2.35. The normalized spacial score (nSPS) is 16.8. The van der Waals surface area contributed by atoms with Gasteiger partial charge in [0.1, 0.15) is 0 Å². The molecule has 1 atom stereocenters. The first kappa shape index (κ1) is 16.8. The molecule has 1 N–H and O–H groups in total. The van der Waals surface area contributed by atoms with Crippen molar-refractivity contribution in [3.63, 3.8) is 0 Å². The third-order valence-corrected chi connectivity index (χ3v) is 4.85. The Morgan fingerprint density at radius 3 is 2.62 bits per heavy atom. The number of hydrogen-bond acceptors (Lipinski definition) is 3. The number of nitrogens with zero attached hydrogens (tertiary/aromatic N) is 1. The van der Waals surface area contributed by atoms with Crippen LogP contribution in [0.4, 0.5) is 11.4 Å². The SMILES string of the molecule is C[C@@H]1Cc2ccccc2N1C(=O)c1ccc(NS(C)(=O)=O)cc1Cl. The van der Waals surface area contributed by atoms with Gasteiger partial charge in [-0.25, -0.2) is 8.42 Å². The number of para-hydroxylation sites is 1. The van der Waals surface area contributed by atoms with Crippen LogP contribution in [0, 0.1) is 0 Å². The quantitative estimate of drug-likeness (QED) is 0.908. The fraction of sp³-hybridized carbons (Fsp3) is 0.235. The van der Waals surface area contributed by atoms with E-state index in [1.54, 1.807) is 11.0 Å². The molecule has 0 fully saturated rings. The number of fused-ring (bicyclic) bond motifs is 1. The highest BCUT2D eigenvalue weighted by atomic mass is 35.5. The van der Waals surface area contributed by atoms with Gasteiger partial charge in [0.2, 0.25) is 10.0 Å². The molecular weight excluding hydrogens is 348 g/mol. The van der Waals surface area contributed by atoms with Crippen molar-refractivity contribution < 1.29 is 13.2 Å². The largest absolute Gasteiger partial charge is 0.305 e. The Balaban J connectivity index is 1.94. The monoisotopic (exact) mass is 364 g/mol. The average molecular weight is 365 g/mol. The predicted molar refractivity (Wildman–Crippen MR) is 96.3 cm³/mol. The van der Waals surface area contributed by atoms with Crippen LogP contribution in [0.1, 0.15) is 22.8 Å². The minimum atomic E-state index is -3.40. The number of rotatable bonds is 3. The highest BCUT2D eigenvalue weighted by Crippen LogP contribution is 2.34. The Kier molecular flexibility index (Phi) is 4.27. The predicted octanol–water partition coefficient (Wildman–Crippen LogP) is 3.30. The Labute approximate surface area is 146 Å². The van der Waals surface area contributed by atoms with Gasteiger partial charge in [0, 0.05) is 17.4 Å². The smallest absolute Gasteiger partial charge is 0.260 e. The molecule has 0 unspecified atom stereocenters. The molecule has 1 amide bonds. The van der Waals surface area contributed by atoms with Gasteiger partial charge < -0.3 is 4.90 Å². The first-order chi connectivity index (χ1) is 11.3. The Morgan fingerprint density at radius 1 is 1.25 bits per heavy atom. The van der Waals surface area contributed by atoms with Gasteiger partial charge in [0.25, 0.3) is 5.91 Å². The maximum absolute atomic E-state index is 12.9. The van der Waals surface area contributed by atoms with Crippen LogP contribution in [0.15, 0.2) is 42.5 Å². The fourth-order valence-electron chi connectivity index (χ4n) is 2.97. The zero-order valence-electron chi connectivity index (χ0n) is 13.3. The summed E-state index contributed by atoms with van der Waals surface area (Å²) in [4.78, 5) is 14.7. The molecule has 24 heavy (non-hydrogen) atoms. The van der Waals surface area contributed by atoms with Crippen molar-refractivity contribution in [1.82, 2.24) is 0 Å². The molecule has 2 aromatic rings. The third kappa shape index (κ3) is 3.25. The third-order valence-electron chi connectivity index (χ3n) is 3.93. The molecule has 126 valence electrons. The van der Waals surface area contributed by atoms with E-state index < -0.39 is 10.0 Å².